The van der Waals surface area contributed by atoms with Crippen molar-refractivity contribution < 1.29 is 13.9 Å². The van der Waals surface area contributed by atoms with Crippen molar-refractivity contribution in [3.05, 3.63) is 35.4 Å². The molecule has 4 heteroatoms. The highest BCUT2D eigenvalue weighted by Gasteiger charge is 2.12. The maximum absolute atomic E-state index is 13.3. The molecule has 0 aliphatic rings. The molecule has 0 bridgehead atoms. The lowest BCUT2D eigenvalue weighted by Gasteiger charge is -2.20. The topological polar surface area (TPSA) is 32.3 Å². The Kier molecular flexibility index (Phi) is 4.83. The lowest BCUT2D eigenvalue weighted by atomic mass is 10.0. The summed E-state index contributed by atoms with van der Waals surface area (Å²) < 4.78 is 26.1. The number of aliphatic hydroxyl groups is 1. The van der Waals surface area contributed by atoms with Gasteiger partial charge in [0.1, 0.15) is 11.6 Å². The molecule has 0 aliphatic carbocycles. The van der Waals surface area contributed by atoms with Gasteiger partial charge in [-0.05, 0) is 24.1 Å². The molecule has 0 unspecified atom stereocenters. The van der Waals surface area contributed by atoms with Crippen LogP contribution in [0.3, 0.4) is 0 Å². The molecule has 2 N–H and O–H groups in total. The van der Waals surface area contributed by atoms with E-state index in [1.807, 2.05) is 13.8 Å². The van der Waals surface area contributed by atoms with Crippen molar-refractivity contribution in [1.29, 1.82) is 0 Å². The zero-order chi connectivity index (χ0) is 12.1. The maximum Gasteiger partial charge on any atom is 0.127 e. The molecule has 0 saturated carbocycles. The second-order valence-corrected chi connectivity index (χ2v) is 4.15. The predicted molar refractivity (Wildman–Crippen MR) is 58.9 cm³/mol. The summed E-state index contributed by atoms with van der Waals surface area (Å²) >= 11 is 0. The maximum atomic E-state index is 13.3. The quantitative estimate of drug-likeness (QED) is 0.810. The van der Waals surface area contributed by atoms with Crippen molar-refractivity contribution in [2.24, 2.45) is 5.92 Å². The Hall–Kier alpha value is -1.00. The van der Waals surface area contributed by atoms with Gasteiger partial charge < -0.3 is 10.4 Å². The van der Waals surface area contributed by atoms with Crippen LogP contribution in [0.1, 0.15) is 19.4 Å². The van der Waals surface area contributed by atoms with Crippen LogP contribution in [0.2, 0.25) is 0 Å². The molecule has 1 aromatic rings. The summed E-state index contributed by atoms with van der Waals surface area (Å²) in [6, 6.07) is 3.25. The Morgan fingerprint density at radius 2 is 2.00 bits per heavy atom. The average Bonchev–Trinajstić information content (AvgIpc) is 2.23. The van der Waals surface area contributed by atoms with E-state index in [2.05, 4.69) is 5.32 Å². The number of nitrogens with one attached hydrogen (secondary N) is 1. The van der Waals surface area contributed by atoms with Crippen LogP contribution in [0.4, 0.5) is 8.78 Å². The molecule has 0 spiro atoms. The van der Waals surface area contributed by atoms with E-state index in [0.717, 1.165) is 18.2 Å². The lowest BCUT2D eigenvalue weighted by Crippen LogP contribution is -2.36. The van der Waals surface area contributed by atoms with E-state index in [0.29, 0.717) is 0 Å². The number of hydrogen-bond acceptors (Lipinski definition) is 2. The fourth-order valence-electron chi connectivity index (χ4n) is 1.43. The highest BCUT2D eigenvalue weighted by Crippen LogP contribution is 2.10. The fraction of sp³-hybridized carbons (Fsp3) is 0.500. The predicted octanol–water partition coefficient (Wildman–Crippen LogP) is 2.07. The number of rotatable bonds is 5. The van der Waals surface area contributed by atoms with Crippen molar-refractivity contribution in [1.82, 2.24) is 5.32 Å². The van der Waals surface area contributed by atoms with Gasteiger partial charge in [-0.1, -0.05) is 13.8 Å². The van der Waals surface area contributed by atoms with Crippen LogP contribution >= 0.6 is 0 Å². The van der Waals surface area contributed by atoms with E-state index < -0.39 is 11.6 Å². The Morgan fingerprint density at radius 1 is 1.31 bits per heavy atom. The van der Waals surface area contributed by atoms with Crippen molar-refractivity contribution >= 4 is 0 Å². The highest BCUT2D eigenvalue weighted by atomic mass is 19.1. The summed E-state index contributed by atoms with van der Waals surface area (Å²) in [7, 11) is 0. The molecule has 0 radical (unpaired) electrons. The van der Waals surface area contributed by atoms with Crippen LogP contribution in [-0.4, -0.2) is 17.8 Å². The zero-order valence-corrected chi connectivity index (χ0v) is 9.50. The second-order valence-electron chi connectivity index (χ2n) is 4.15. The minimum absolute atomic E-state index is 0.0192. The van der Waals surface area contributed by atoms with Gasteiger partial charge in [-0.25, -0.2) is 8.78 Å². The first-order valence-electron chi connectivity index (χ1n) is 5.32. The van der Waals surface area contributed by atoms with Gasteiger partial charge in [0.25, 0.3) is 0 Å². The standard InChI is InChI=1S/C12H17F2NO/c1-8(2)12(7-16)15-6-9-5-10(13)3-4-11(9)14/h3-5,8,12,15-16H,6-7H2,1-2H3/t12-/m1/s1. The lowest BCUT2D eigenvalue weighted by molar-refractivity contribution is 0.209. The highest BCUT2D eigenvalue weighted by molar-refractivity contribution is 5.18. The minimum Gasteiger partial charge on any atom is -0.395 e. The molecular formula is C12H17F2NO. The van der Waals surface area contributed by atoms with Gasteiger partial charge >= 0.3 is 0 Å². The Morgan fingerprint density at radius 3 is 2.56 bits per heavy atom. The van der Waals surface area contributed by atoms with Crippen molar-refractivity contribution in [2.75, 3.05) is 6.61 Å². The number of aliphatic hydroxyl groups excluding tert-OH is 1. The van der Waals surface area contributed by atoms with Gasteiger partial charge in [0.15, 0.2) is 0 Å². The number of benzene rings is 1. The zero-order valence-electron chi connectivity index (χ0n) is 9.50. The number of hydrogen-bond donors (Lipinski definition) is 2. The van der Waals surface area contributed by atoms with Gasteiger partial charge in [0.2, 0.25) is 0 Å². The summed E-state index contributed by atoms with van der Waals surface area (Å²) in [5.41, 5.74) is 0.277. The molecule has 1 aromatic carbocycles. The normalized spacial score (nSPS) is 13.1. The summed E-state index contributed by atoms with van der Waals surface area (Å²) in [6.45, 7) is 4.10. The summed E-state index contributed by atoms with van der Waals surface area (Å²) in [5, 5.41) is 12.1. The van der Waals surface area contributed by atoms with Gasteiger partial charge in [-0.15, -0.1) is 0 Å². The first-order chi connectivity index (χ1) is 7.54. The van der Waals surface area contributed by atoms with Crippen LogP contribution in [0.5, 0.6) is 0 Å². The van der Waals surface area contributed by atoms with Crippen LogP contribution in [-0.2, 0) is 6.54 Å². The monoisotopic (exact) mass is 229 g/mol. The molecule has 1 atom stereocenters. The molecule has 0 saturated heterocycles. The van der Waals surface area contributed by atoms with E-state index in [1.165, 1.54) is 0 Å². The van der Waals surface area contributed by atoms with E-state index in [-0.39, 0.29) is 30.7 Å². The fourth-order valence-corrected chi connectivity index (χ4v) is 1.43. The largest absolute Gasteiger partial charge is 0.395 e. The van der Waals surface area contributed by atoms with Crippen LogP contribution in [0.15, 0.2) is 18.2 Å². The summed E-state index contributed by atoms with van der Waals surface area (Å²) in [4.78, 5) is 0. The first kappa shape index (κ1) is 13.1. The molecule has 0 aliphatic heterocycles. The third-order valence-electron chi connectivity index (χ3n) is 2.56. The summed E-state index contributed by atoms with van der Waals surface area (Å²) in [6.07, 6.45) is 0. The Labute approximate surface area is 94.3 Å². The molecular weight excluding hydrogens is 212 g/mol. The van der Waals surface area contributed by atoms with Crippen molar-refractivity contribution in [3.8, 4) is 0 Å². The third kappa shape index (κ3) is 3.54. The van der Waals surface area contributed by atoms with E-state index in [9.17, 15) is 8.78 Å². The molecule has 0 fully saturated rings. The third-order valence-corrected chi connectivity index (χ3v) is 2.56. The first-order valence-corrected chi connectivity index (χ1v) is 5.32. The van der Waals surface area contributed by atoms with Crippen molar-refractivity contribution in [3.63, 3.8) is 0 Å². The summed E-state index contributed by atoms with van der Waals surface area (Å²) in [5.74, 6) is -0.653. The van der Waals surface area contributed by atoms with Crippen LogP contribution < -0.4 is 5.32 Å². The van der Waals surface area contributed by atoms with E-state index >= 15 is 0 Å². The SMILES string of the molecule is CC(C)[C@@H](CO)NCc1cc(F)ccc1F. The smallest absolute Gasteiger partial charge is 0.127 e. The minimum atomic E-state index is -0.455. The molecule has 0 heterocycles. The molecule has 0 amide bonds. The molecule has 90 valence electrons. The van der Waals surface area contributed by atoms with Crippen LogP contribution in [0, 0.1) is 17.6 Å². The Balaban J connectivity index is 2.63. The Bertz CT molecular complexity index is 342. The van der Waals surface area contributed by atoms with Crippen LogP contribution in [0.25, 0.3) is 0 Å². The molecule has 0 aromatic heterocycles. The van der Waals surface area contributed by atoms with Crippen molar-refractivity contribution in [2.45, 2.75) is 26.4 Å². The van der Waals surface area contributed by atoms with Gasteiger partial charge in [0, 0.05) is 18.2 Å². The average molecular weight is 229 g/mol. The second kappa shape index (κ2) is 5.92. The molecule has 1 rings (SSSR count). The van der Waals surface area contributed by atoms with E-state index in [1.54, 1.807) is 0 Å². The molecule has 2 nitrogen and oxygen atoms in total. The van der Waals surface area contributed by atoms with Gasteiger partial charge in [-0.2, -0.15) is 0 Å². The molecule has 16 heavy (non-hydrogen) atoms. The van der Waals surface area contributed by atoms with E-state index in [4.69, 9.17) is 5.11 Å². The number of halogens is 2. The van der Waals surface area contributed by atoms with Gasteiger partial charge in [0.05, 0.1) is 6.61 Å². The van der Waals surface area contributed by atoms with Gasteiger partial charge in [-0.3, -0.25) is 0 Å².